The zero-order valence-electron chi connectivity index (χ0n) is 14.6. The third-order valence-electron chi connectivity index (χ3n) is 5.23. The van der Waals surface area contributed by atoms with E-state index in [0.717, 1.165) is 34.5 Å². The van der Waals surface area contributed by atoms with Crippen LogP contribution in [0.3, 0.4) is 0 Å². The second-order valence-electron chi connectivity index (χ2n) is 6.96. The monoisotopic (exact) mass is 374 g/mol. The third-order valence-corrected chi connectivity index (χ3v) is 6.50. The Morgan fingerprint density at radius 3 is 2.74 bits per heavy atom. The number of benzene rings is 3. The molecule has 0 fully saturated rings. The van der Waals surface area contributed by atoms with Crippen LogP contribution in [0.15, 0.2) is 59.5 Å². The Bertz CT molecular complexity index is 1080. The van der Waals surface area contributed by atoms with Gasteiger partial charge in [0.05, 0.1) is 10.9 Å². The zero-order chi connectivity index (χ0) is 18.4. The van der Waals surface area contributed by atoms with E-state index in [1.54, 1.807) is 0 Å². The number of carbonyl (C=O) groups excluding carboxylic acids is 2. The van der Waals surface area contributed by atoms with Crippen LogP contribution >= 0.6 is 11.8 Å². The highest BCUT2D eigenvalue weighted by atomic mass is 32.2. The number of para-hydroxylation sites is 1. The molecule has 1 unspecified atom stereocenters. The van der Waals surface area contributed by atoms with E-state index in [1.807, 2.05) is 36.4 Å². The van der Waals surface area contributed by atoms with Crippen molar-refractivity contribution in [3.8, 4) is 0 Å². The summed E-state index contributed by atoms with van der Waals surface area (Å²) < 4.78 is 0. The molecule has 1 aliphatic heterocycles. The molecule has 0 radical (unpaired) electrons. The number of thioether (sulfide) groups is 1. The van der Waals surface area contributed by atoms with Gasteiger partial charge in [-0.2, -0.15) is 0 Å². The van der Waals surface area contributed by atoms with Crippen molar-refractivity contribution < 1.29 is 9.59 Å². The van der Waals surface area contributed by atoms with Crippen LogP contribution < -0.4 is 10.6 Å². The van der Waals surface area contributed by atoms with Crippen LogP contribution in [0.25, 0.3) is 10.8 Å². The van der Waals surface area contributed by atoms with Gasteiger partial charge in [0.1, 0.15) is 0 Å². The van der Waals surface area contributed by atoms with Crippen molar-refractivity contribution in [3.63, 3.8) is 0 Å². The van der Waals surface area contributed by atoms with E-state index < -0.39 is 5.25 Å². The second-order valence-corrected chi connectivity index (χ2v) is 8.20. The average molecular weight is 374 g/mol. The highest BCUT2D eigenvalue weighted by molar-refractivity contribution is 8.01. The Hall–Kier alpha value is -2.79. The molecule has 1 heterocycles. The summed E-state index contributed by atoms with van der Waals surface area (Å²) in [5.41, 5.74) is 4.33. The smallest absolute Gasteiger partial charge is 0.238 e. The first-order chi connectivity index (χ1) is 13.2. The fraction of sp³-hybridized carbons (Fsp3) is 0.182. The van der Waals surface area contributed by atoms with E-state index in [1.165, 1.54) is 28.3 Å². The first kappa shape index (κ1) is 16.4. The van der Waals surface area contributed by atoms with Gasteiger partial charge in [0.2, 0.25) is 11.8 Å². The average Bonchev–Trinajstić information content (AvgIpc) is 3.09. The molecule has 0 saturated heterocycles. The quantitative estimate of drug-likeness (QED) is 0.715. The Labute approximate surface area is 161 Å². The summed E-state index contributed by atoms with van der Waals surface area (Å²) in [4.78, 5) is 26.0. The predicted octanol–water partition coefficient (Wildman–Crippen LogP) is 4.38. The minimum atomic E-state index is -0.420. The molecule has 27 heavy (non-hydrogen) atoms. The highest BCUT2D eigenvalue weighted by Gasteiger charge is 2.29. The first-order valence-corrected chi connectivity index (χ1v) is 9.97. The van der Waals surface area contributed by atoms with Gasteiger partial charge in [-0.05, 0) is 47.6 Å². The molecule has 2 amide bonds. The molecule has 5 rings (SSSR count). The molecule has 0 bridgehead atoms. The molecule has 4 nitrogen and oxygen atoms in total. The molecule has 3 aromatic rings. The summed E-state index contributed by atoms with van der Waals surface area (Å²) >= 11 is 1.45. The van der Waals surface area contributed by atoms with Gasteiger partial charge in [-0.15, -0.1) is 11.8 Å². The Kier molecular flexibility index (Phi) is 3.90. The SMILES string of the molecule is O=C(CC1Sc2ccccc2NC1=O)Nc1ccc2c3c(cccc13)CC2. The standard InChI is InChI=1S/C22H18N2O2S/c25-20(12-19-22(26)24-17-6-1-2-7-18(17)27-19)23-16-11-10-14-9-8-13-4-3-5-15(16)21(13)14/h1-7,10-11,19H,8-9,12H2,(H,23,25)(H,24,26). The molecule has 5 heteroatoms. The predicted molar refractivity (Wildman–Crippen MR) is 109 cm³/mol. The van der Waals surface area contributed by atoms with Crippen molar-refractivity contribution in [1.29, 1.82) is 0 Å². The van der Waals surface area contributed by atoms with Crippen molar-refractivity contribution in [1.82, 2.24) is 0 Å². The van der Waals surface area contributed by atoms with Crippen molar-refractivity contribution in [2.75, 3.05) is 10.6 Å². The molecule has 0 aromatic heterocycles. The first-order valence-electron chi connectivity index (χ1n) is 9.09. The fourth-order valence-electron chi connectivity index (χ4n) is 3.95. The van der Waals surface area contributed by atoms with Gasteiger partial charge in [0, 0.05) is 22.4 Å². The highest BCUT2D eigenvalue weighted by Crippen LogP contribution is 2.38. The molecule has 3 aromatic carbocycles. The van der Waals surface area contributed by atoms with Crippen molar-refractivity contribution in [2.24, 2.45) is 0 Å². The molecule has 0 saturated carbocycles. The molecule has 134 valence electrons. The van der Waals surface area contributed by atoms with Gasteiger partial charge in [0.25, 0.3) is 0 Å². The van der Waals surface area contributed by atoms with Gasteiger partial charge in [0.15, 0.2) is 0 Å². The van der Waals surface area contributed by atoms with Crippen molar-refractivity contribution in [2.45, 2.75) is 29.4 Å². The van der Waals surface area contributed by atoms with Gasteiger partial charge in [-0.1, -0.05) is 36.4 Å². The zero-order valence-corrected chi connectivity index (χ0v) is 15.4. The number of fused-ring (bicyclic) bond motifs is 1. The van der Waals surface area contributed by atoms with Crippen LogP contribution in [0.2, 0.25) is 0 Å². The van der Waals surface area contributed by atoms with Crippen LogP contribution in [0.1, 0.15) is 17.5 Å². The van der Waals surface area contributed by atoms with E-state index in [0.29, 0.717) is 0 Å². The van der Waals surface area contributed by atoms with Crippen LogP contribution in [-0.4, -0.2) is 17.1 Å². The topological polar surface area (TPSA) is 58.2 Å². The lowest BCUT2D eigenvalue weighted by Crippen LogP contribution is -2.32. The lowest BCUT2D eigenvalue weighted by atomic mass is 10.0. The van der Waals surface area contributed by atoms with Crippen molar-refractivity contribution in [3.05, 3.63) is 65.7 Å². The molecular formula is C22H18N2O2S. The number of anilines is 2. The van der Waals surface area contributed by atoms with Crippen molar-refractivity contribution >= 4 is 45.7 Å². The van der Waals surface area contributed by atoms with Gasteiger partial charge >= 0.3 is 0 Å². The molecule has 0 spiro atoms. The second kappa shape index (κ2) is 6.43. The van der Waals surface area contributed by atoms with E-state index in [-0.39, 0.29) is 18.2 Å². The summed E-state index contributed by atoms with van der Waals surface area (Å²) in [5.74, 6) is -0.255. The molecule has 1 atom stereocenters. The van der Waals surface area contributed by atoms with E-state index in [4.69, 9.17) is 0 Å². The summed E-state index contributed by atoms with van der Waals surface area (Å²) in [5, 5.41) is 7.86. The maximum Gasteiger partial charge on any atom is 0.238 e. The minimum absolute atomic E-state index is 0.116. The number of hydrogen-bond acceptors (Lipinski definition) is 3. The number of amides is 2. The molecule has 2 aliphatic rings. The van der Waals surface area contributed by atoms with E-state index in [9.17, 15) is 9.59 Å². The minimum Gasteiger partial charge on any atom is -0.325 e. The number of nitrogens with one attached hydrogen (secondary N) is 2. The number of carbonyl (C=O) groups is 2. The van der Waals surface area contributed by atoms with Crippen LogP contribution in [0, 0.1) is 0 Å². The normalized spacial score (nSPS) is 17.5. The van der Waals surface area contributed by atoms with E-state index >= 15 is 0 Å². The van der Waals surface area contributed by atoms with Crippen LogP contribution in [-0.2, 0) is 22.4 Å². The Morgan fingerprint density at radius 2 is 1.85 bits per heavy atom. The fourth-order valence-corrected chi connectivity index (χ4v) is 5.06. The molecule has 1 aliphatic carbocycles. The van der Waals surface area contributed by atoms with E-state index in [2.05, 4.69) is 28.8 Å². The number of rotatable bonds is 3. The lowest BCUT2D eigenvalue weighted by molar-refractivity contribution is -0.120. The van der Waals surface area contributed by atoms with Gasteiger partial charge in [-0.3, -0.25) is 9.59 Å². The van der Waals surface area contributed by atoms with Crippen LogP contribution in [0.5, 0.6) is 0 Å². The lowest BCUT2D eigenvalue weighted by Gasteiger charge is -2.23. The van der Waals surface area contributed by atoms with Crippen LogP contribution in [0.4, 0.5) is 11.4 Å². The van der Waals surface area contributed by atoms with Gasteiger partial charge < -0.3 is 10.6 Å². The Balaban J connectivity index is 1.36. The number of hydrogen-bond donors (Lipinski definition) is 2. The summed E-state index contributed by atoms with van der Waals surface area (Å²) in [6, 6.07) is 18.0. The largest absolute Gasteiger partial charge is 0.325 e. The number of aryl methyl sites for hydroxylation is 2. The summed E-state index contributed by atoms with van der Waals surface area (Å²) in [7, 11) is 0. The molecular weight excluding hydrogens is 356 g/mol. The maximum absolute atomic E-state index is 12.7. The summed E-state index contributed by atoms with van der Waals surface area (Å²) in [6.07, 6.45) is 2.26. The maximum atomic E-state index is 12.7. The third kappa shape index (κ3) is 2.88. The molecule has 2 N–H and O–H groups in total. The summed E-state index contributed by atoms with van der Waals surface area (Å²) in [6.45, 7) is 0. The Morgan fingerprint density at radius 1 is 1.04 bits per heavy atom. The van der Waals surface area contributed by atoms with Gasteiger partial charge in [-0.25, -0.2) is 0 Å².